The molecule has 0 spiro atoms. The third kappa shape index (κ3) is 2.03. The summed E-state index contributed by atoms with van der Waals surface area (Å²) < 4.78 is 1.73. The predicted molar refractivity (Wildman–Crippen MR) is 74.7 cm³/mol. The lowest BCUT2D eigenvalue weighted by Crippen LogP contribution is -2.06. The summed E-state index contributed by atoms with van der Waals surface area (Å²) in [5, 5.41) is 7.62. The van der Waals surface area contributed by atoms with Crippen molar-refractivity contribution >= 4 is 17.3 Å². The van der Waals surface area contributed by atoms with Crippen LogP contribution in [0, 0.1) is 20.8 Å². The van der Waals surface area contributed by atoms with E-state index in [1.165, 1.54) is 11.9 Å². The standard InChI is InChI=1S/C14H15N5/c1-9-5-4-6-12(7-9)18-13-10(2)11(3)17-14-15-8-16-19(13)14/h4-8,18H,1-3H3. The van der Waals surface area contributed by atoms with Gasteiger partial charge in [-0.2, -0.15) is 14.6 Å². The fourth-order valence-electron chi connectivity index (χ4n) is 2.04. The van der Waals surface area contributed by atoms with Crippen LogP contribution in [0.4, 0.5) is 11.5 Å². The molecule has 3 rings (SSSR count). The van der Waals surface area contributed by atoms with Crippen LogP contribution in [0.3, 0.4) is 0 Å². The molecular weight excluding hydrogens is 238 g/mol. The molecule has 0 radical (unpaired) electrons. The van der Waals surface area contributed by atoms with E-state index in [0.29, 0.717) is 5.78 Å². The van der Waals surface area contributed by atoms with Crippen LogP contribution in [0.1, 0.15) is 16.8 Å². The van der Waals surface area contributed by atoms with Gasteiger partial charge in [-0.05, 0) is 38.5 Å². The Hall–Kier alpha value is -2.43. The Labute approximate surface area is 111 Å². The van der Waals surface area contributed by atoms with E-state index < -0.39 is 0 Å². The minimum Gasteiger partial charge on any atom is -0.340 e. The molecule has 19 heavy (non-hydrogen) atoms. The van der Waals surface area contributed by atoms with Crippen LogP contribution in [-0.4, -0.2) is 19.6 Å². The van der Waals surface area contributed by atoms with E-state index in [0.717, 1.165) is 22.8 Å². The molecule has 1 N–H and O–H groups in total. The van der Waals surface area contributed by atoms with Gasteiger partial charge in [-0.15, -0.1) is 0 Å². The quantitative estimate of drug-likeness (QED) is 0.763. The zero-order valence-electron chi connectivity index (χ0n) is 11.2. The molecule has 0 unspecified atom stereocenters. The predicted octanol–water partition coefficient (Wildman–Crippen LogP) is 2.79. The van der Waals surface area contributed by atoms with Crippen molar-refractivity contribution in [1.29, 1.82) is 0 Å². The molecule has 1 aromatic carbocycles. The number of nitrogens with one attached hydrogen (secondary N) is 1. The molecule has 0 amide bonds. The summed E-state index contributed by atoms with van der Waals surface area (Å²) in [7, 11) is 0. The van der Waals surface area contributed by atoms with Crippen LogP contribution in [0.5, 0.6) is 0 Å². The molecule has 0 aliphatic carbocycles. The number of benzene rings is 1. The van der Waals surface area contributed by atoms with Crippen molar-refractivity contribution in [2.45, 2.75) is 20.8 Å². The van der Waals surface area contributed by atoms with Gasteiger partial charge in [-0.25, -0.2) is 4.98 Å². The van der Waals surface area contributed by atoms with Gasteiger partial charge < -0.3 is 5.32 Å². The highest BCUT2D eigenvalue weighted by molar-refractivity contribution is 5.62. The van der Waals surface area contributed by atoms with Crippen molar-refractivity contribution in [3.05, 3.63) is 47.4 Å². The van der Waals surface area contributed by atoms with Crippen molar-refractivity contribution in [3.8, 4) is 0 Å². The fraction of sp³-hybridized carbons (Fsp3) is 0.214. The first-order valence-electron chi connectivity index (χ1n) is 6.16. The average Bonchev–Trinajstić information content (AvgIpc) is 2.83. The zero-order valence-corrected chi connectivity index (χ0v) is 11.2. The smallest absolute Gasteiger partial charge is 0.254 e. The first-order valence-corrected chi connectivity index (χ1v) is 6.16. The van der Waals surface area contributed by atoms with E-state index in [2.05, 4.69) is 39.4 Å². The van der Waals surface area contributed by atoms with Gasteiger partial charge in [0.05, 0.1) is 0 Å². The maximum absolute atomic E-state index is 4.40. The highest BCUT2D eigenvalue weighted by Crippen LogP contribution is 2.22. The van der Waals surface area contributed by atoms with Crippen LogP contribution < -0.4 is 5.32 Å². The van der Waals surface area contributed by atoms with Crippen LogP contribution in [0.25, 0.3) is 5.78 Å². The van der Waals surface area contributed by atoms with E-state index in [-0.39, 0.29) is 0 Å². The van der Waals surface area contributed by atoms with Gasteiger partial charge in [0.25, 0.3) is 5.78 Å². The maximum atomic E-state index is 4.40. The van der Waals surface area contributed by atoms with Gasteiger partial charge in [0.2, 0.25) is 0 Å². The monoisotopic (exact) mass is 253 g/mol. The van der Waals surface area contributed by atoms with Gasteiger partial charge in [-0.3, -0.25) is 0 Å². The van der Waals surface area contributed by atoms with Crippen molar-refractivity contribution < 1.29 is 0 Å². The molecular formula is C14H15N5. The van der Waals surface area contributed by atoms with Crippen LogP contribution in [0.15, 0.2) is 30.6 Å². The summed E-state index contributed by atoms with van der Waals surface area (Å²) in [4.78, 5) is 8.55. The lowest BCUT2D eigenvalue weighted by Gasteiger charge is -2.12. The number of aryl methyl sites for hydroxylation is 2. The SMILES string of the molecule is Cc1cccc(Nc2c(C)c(C)nc3ncnn23)c1. The number of rotatable bonds is 2. The Morgan fingerprint density at radius 3 is 2.79 bits per heavy atom. The summed E-state index contributed by atoms with van der Waals surface area (Å²) in [6.45, 7) is 6.08. The van der Waals surface area contributed by atoms with E-state index in [4.69, 9.17) is 0 Å². The highest BCUT2D eigenvalue weighted by Gasteiger charge is 2.11. The fourth-order valence-corrected chi connectivity index (χ4v) is 2.04. The van der Waals surface area contributed by atoms with E-state index >= 15 is 0 Å². The number of anilines is 2. The molecule has 0 aliphatic heterocycles. The second-order valence-corrected chi connectivity index (χ2v) is 4.64. The summed E-state index contributed by atoms with van der Waals surface area (Å²) in [6, 6.07) is 8.23. The largest absolute Gasteiger partial charge is 0.340 e. The third-order valence-corrected chi connectivity index (χ3v) is 3.19. The summed E-state index contributed by atoms with van der Waals surface area (Å²) in [5.41, 5.74) is 4.27. The first-order chi connectivity index (χ1) is 9.15. The number of aromatic nitrogens is 4. The second-order valence-electron chi connectivity index (χ2n) is 4.64. The van der Waals surface area contributed by atoms with Gasteiger partial charge in [0.15, 0.2) is 0 Å². The average molecular weight is 253 g/mol. The number of hydrogen-bond acceptors (Lipinski definition) is 4. The molecule has 5 heteroatoms. The summed E-state index contributed by atoms with van der Waals surface area (Å²) in [6.07, 6.45) is 1.52. The van der Waals surface area contributed by atoms with E-state index in [9.17, 15) is 0 Å². The minimum atomic E-state index is 0.609. The van der Waals surface area contributed by atoms with Crippen molar-refractivity contribution in [3.63, 3.8) is 0 Å². The number of nitrogens with zero attached hydrogens (tertiary/aromatic N) is 4. The van der Waals surface area contributed by atoms with Crippen molar-refractivity contribution in [2.75, 3.05) is 5.32 Å². The molecule has 0 bridgehead atoms. The summed E-state index contributed by atoms with van der Waals surface area (Å²) >= 11 is 0. The molecule has 96 valence electrons. The van der Waals surface area contributed by atoms with E-state index in [1.54, 1.807) is 4.52 Å². The topological polar surface area (TPSA) is 55.1 Å². The molecule has 2 aromatic heterocycles. The van der Waals surface area contributed by atoms with E-state index in [1.807, 2.05) is 26.0 Å². The van der Waals surface area contributed by atoms with Crippen molar-refractivity contribution in [1.82, 2.24) is 19.6 Å². The van der Waals surface area contributed by atoms with Crippen LogP contribution >= 0.6 is 0 Å². The maximum Gasteiger partial charge on any atom is 0.254 e. The van der Waals surface area contributed by atoms with Crippen LogP contribution in [0.2, 0.25) is 0 Å². The Morgan fingerprint density at radius 1 is 1.16 bits per heavy atom. The van der Waals surface area contributed by atoms with Gasteiger partial charge in [-0.1, -0.05) is 12.1 Å². The van der Waals surface area contributed by atoms with Gasteiger partial charge >= 0.3 is 0 Å². The Bertz CT molecular complexity index is 745. The molecule has 0 fully saturated rings. The summed E-state index contributed by atoms with van der Waals surface area (Å²) in [5.74, 6) is 1.52. The first kappa shape index (κ1) is 11.6. The number of hydrogen-bond donors (Lipinski definition) is 1. The lowest BCUT2D eigenvalue weighted by molar-refractivity contribution is 0.923. The Morgan fingerprint density at radius 2 is 2.00 bits per heavy atom. The number of fused-ring (bicyclic) bond motifs is 1. The third-order valence-electron chi connectivity index (χ3n) is 3.19. The molecule has 0 saturated heterocycles. The van der Waals surface area contributed by atoms with Crippen LogP contribution in [-0.2, 0) is 0 Å². The zero-order chi connectivity index (χ0) is 13.4. The molecule has 5 nitrogen and oxygen atoms in total. The van der Waals surface area contributed by atoms with Gasteiger partial charge in [0, 0.05) is 16.9 Å². The molecule has 3 aromatic rings. The molecule has 2 heterocycles. The molecule has 0 saturated carbocycles. The molecule has 0 aliphatic rings. The Balaban J connectivity index is 2.14. The van der Waals surface area contributed by atoms with Gasteiger partial charge in [0.1, 0.15) is 12.1 Å². The highest BCUT2D eigenvalue weighted by atomic mass is 15.4. The molecule has 0 atom stereocenters. The minimum absolute atomic E-state index is 0.609. The second kappa shape index (κ2) is 4.35. The Kier molecular flexibility index (Phi) is 2.67. The lowest BCUT2D eigenvalue weighted by atomic mass is 10.2. The van der Waals surface area contributed by atoms with Crippen molar-refractivity contribution in [2.24, 2.45) is 0 Å². The normalized spacial score (nSPS) is 10.9.